The molecular weight excluding hydrogens is 427 g/mol. The number of nitrogens with one attached hydrogen (secondary N) is 1. The fourth-order valence-corrected chi connectivity index (χ4v) is 5.26. The molecule has 4 rings (SSSR count). The summed E-state index contributed by atoms with van der Waals surface area (Å²) in [5.74, 6) is -1.07. The van der Waals surface area contributed by atoms with Gasteiger partial charge in [-0.1, -0.05) is 49.4 Å². The number of para-hydroxylation sites is 1. The highest BCUT2D eigenvalue weighted by Gasteiger charge is 2.22. The van der Waals surface area contributed by atoms with Crippen LogP contribution in [0, 0.1) is 5.82 Å². The van der Waals surface area contributed by atoms with Gasteiger partial charge in [0, 0.05) is 22.8 Å². The number of carbonyl (C=O) groups excluding carboxylic acids is 1. The van der Waals surface area contributed by atoms with Gasteiger partial charge in [0.05, 0.1) is 10.6 Å². The number of aryl methyl sites for hydroxylation is 1. The van der Waals surface area contributed by atoms with Gasteiger partial charge in [0.2, 0.25) is 5.91 Å². The number of carbonyl (C=O) groups is 1. The topological polar surface area (TPSA) is 68.2 Å². The maximum atomic E-state index is 13.5. The Morgan fingerprint density at radius 1 is 0.969 bits per heavy atom. The lowest BCUT2D eigenvalue weighted by Crippen LogP contribution is -2.18. The Hall–Kier alpha value is -3.45. The van der Waals surface area contributed by atoms with E-state index in [-0.39, 0.29) is 23.1 Å². The quantitative estimate of drug-likeness (QED) is 0.433. The van der Waals surface area contributed by atoms with Crippen molar-refractivity contribution in [3.63, 3.8) is 0 Å². The summed E-state index contributed by atoms with van der Waals surface area (Å²) in [5.41, 5.74) is 2.87. The molecule has 0 aliphatic carbocycles. The number of benzene rings is 3. The Labute approximate surface area is 186 Å². The van der Waals surface area contributed by atoms with Gasteiger partial charge in [-0.15, -0.1) is 0 Å². The molecule has 0 saturated heterocycles. The molecule has 0 bridgehead atoms. The standard InChI is InChI=1S/C25H23FN2O3S/c1-2-18-10-12-21(13-11-18)27-25(29)16-28-15-24(22-8-3-4-9-23(22)28)32(30,31)17-19-6-5-7-20(26)14-19/h3-15H,2,16-17H2,1H3,(H,27,29). The van der Waals surface area contributed by atoms with Crippen molar-refractivity contribution in [1.82, 2.24) is 4.57 Å². The molecule has 1 heterocycles. The first-order valence-electron chi connectivity index (χ1n) is 10.3. The highest BCUT2D eigenvalue weighted by Crippen LogP contribution is 2.28. The van der Waals surface area contributed by atoms with Crippen LogP contribution in [0.3, 0.4) is 0 Å². The molecule has 5 nitrogen and oxygen atoms in total. The van der Waals surface area contributed by atoms with Crippen molar-refractivity contribution in [2.45, 2.75) is 30.5 Å². The highest BCUT2D eigenvalue weighted by molar-refractivity contribution is 7.90. The third kappa shape index (κ3) is 4.73. The predicted octanol–water partition coefficient (Wildman–Crippen LogP) is 4.96. The van der Waals surface area contributed by atoms with Crippen LogP contribution in [0.4, 0.5) is 10.1 Å². The number of hydrogen-bond acceptors (Lipinski definition) is 3. The third-order valence-electron chi connectivity index (χ3n) is 5.29. The number of aromatic nitrogens is 1. The molecule has 0 unspecified atom stereocenters. The molecule has 0 fully saturated rings. The first-order valence-corrected chi connectivity index (χ1v) is 11.9. The summed E-state index contributed by atoms with van der Waals surface area (Å²) in [7, 11) is -3.76. The van der Waals surface area contributed by atoms with Crippen molar-refractivity contribution in [3.05, 3.63) is 95.9 Å². The number of sulfone groups is 1. The zero-order valence-electron chi connectivity index (χ0n) is 17.6. The van der Waals surface area contributed by atoms with E-state index in [0.29, 0.717) is 22.2 Å². The van der Waals surface area contributed by atoms with Crippen molar-refractivity contribution in [1.29, 1.82) is 0 Å². The molecule has 164 valence electrons. The molecule has 0 atom stereocenters. The number of rotatable bonds is 7. The van der Waals surface area contributed by atoms with Crippen molar-refractivity contribution in [2.24, 2.45) is 0 Å². The highest BCUT2D eigenvalue weighted by atomic mass is 32.2. The smallest absolute Gasteiger partial charge is 0.244 e. The van der Waals surface area contributed by atoms with Crippen LogP contribution in [0.1, 0.15) is 18.1 Å². The van der Waals surface area contributed by atoms with Crippen LogP contribution in [-0.2, 0) is 33.4 Å². The molecule has 32 heavy (non-hydrogen) atoms. The summed E-state index contributed by atoms with van der Waals surface area (Å²) < 4.78 is 41.4. The fraction of sp³-hybridized carbons (Fsp3) is 0.160. The average Bonchev–Trinajstić information content (AvgIpc) is 3.13. The Morgan fingerprint density at radius 3 is 2.44 bits per heavy atom. The SMILES string of the molecule is CCc1ccc(NC(=O)Cn2cc(S(=O)(=O)Cc3cccc(F)c3)c3ccccc32)cc1. The summed E-state index contributed by atoms with van der Waals surface area (Å²) in [6.07, 6.45) is 2.40. The van der Waals surface area contributed by atoms with Gasteiger partial charge < -0.3 is 9.88 Å². The van der Waals surface area contributed by atoms with Gasteiger partial charge in [-0.05, 0) is 47.9 Å². The number of halogens is 1. The molecule has 3 aromatic carbocycles. The number of hydrogen-bond donors (Lipinski definition) is 1. The largest absolute Gasteiger partial charge is 0.337 e. The molecule has 0 aliphatic rings. The average molecular weight is 451 g/mol. The molecular formula is C25H23FN2O3S. The minimum absolute atomic E-state index is 0.0362. The zero-order valence-corrected chi connectivity index (χ0v) is 18.4. The Bertz CT molecular complexity index is 1380. The van der Waals surface area contributed by atoms with Gasteiger partial charge in [-0.3, -0.25) is 4.79 Å². The third-order valence-corrected chi connectivity index (χ3v) is 7.00. The molecule has 7 heteroatoms. The molecule has 1 aromatic heterocycles. The summed E-state index contributed by atoms with van der Waals surface area (Å²) in [5, 5.41) is 3.38. The van der Waals surface area contributed by atoms with Gasteiger partial charge in [-0.2, -0.15) is 0 Å². The van der Waals surface area contributed by atoms with E-state index in [2.05, 4.69) is 12.2 Å². The second-order valence-corrected chi connectivity index (χ2v) is 9.58. The lowest BCUT2D eigenvalue weighted by atomic mass is 10.1. The van der Waals surface area contributed by atoms with Gasteiger partial charge in [-0.25, -0.2) is 12.8 Å². The van der Waals surface area contributed by atoms with E-state index in [0.717, 1.165) is 6.42 Å². The van der Waals surface area contributed by atoms with Crippen LogP contribution in [0.15, 0.2) is 83.9 Å². The lowest BCUT2D eigenvalue weighted by Gasteiger charge is -2.08. The normalized spacial score (nSPS) is 11.6. The van der Waals surface area contributed by atoms with Crippen LogP contribution in [0.25, 0.3) is 10.9 Å². The van der Waals surface area contributed by atoms with Gasteiger partial charge in [0.15, 0.2) is 9.84 Å². The predicted molar refractivity (Wildman–Crippen MR) is 124 cm³/mol. The fourth-order valence-electron chi connectivity index (χ4n) is 3.69. The van der Waals surface area contributed by atoms with E-state index in [4.69, 9.17) is 0 Å². The number of nitrogens with zero attached hydrogens (tertiary/aromatic N) is 1. The second-order valence-electron chi connectivity index (χ2n) is 7.63. The monoisotopic (exact) mass is 450 g/mol. The van der Waals surface area contributed by atoms with E-state index >= 15 is 0 Å². The van der Waals surface area contributed by atoms with Crippen molar-refractivity contribution < 1.29 is 17.6 Å². The van der Waals surface area contributed by atoms with Gasteiger partial charge in [0.1, 0.15) is 12.4 Å². The molecule has 0 saturated carbocycles. The minimum Gasteiger partial charge on any atom is -0.337 e. The van der Waals surface area contributed by atoms with Crippen LogP contribution < -0.4 is 5.32 Å². The van der Waals surface area contributed by atoms with E-state index in [1.165, 1.54) is 30.0 Å². The van der Waals surface area contributed by atoms with Crippen molar-refractivity contribution in [2.75, 3.05) is 5.32 Å². The first kappa shape index (κ1) is 21.8. The summed E-state index contributed by atoms with van der Waals surface area (Å²) >= 11 is 0. The van der Waals surface area contributed by atoms with Crippen molar-refractivity contribution >= 4 is 32.3 Å². The van der Waals surface area contributed by atoms with E-state index in [1.54, 1.807) is 34.9 Å². The maximum Gasteiger partial charge on any atom is 0.244 e. The van der Waals surface area contributed by atoms with Crippen LogP contribution >= 0.6 is 0 Å². The second kappa shape index (κ2) is 8.96. The van der Waals surface area contributed by atoms with Gasteiger partial charge >= 0.3 is 0 Å². The summed E-state index contributed by atoms with van der Waals surface area (Å²) in [6, 6.07) is 20.2. The summed E-state index contributed by atoms with van der Waals surface area (Å²) in [6.45, 7) is 2.02. The molecule has 0 aliphatic heterocycles. The van der Waals surface area contributed by atoms with E-state index < -0.39 is 15.7 Å². The molecule has 1 N–H and O–H groups in total. The molecule has 1 amide bonds. The first-order chi connectivity index (χ1) is 15.4. The van der Waals surface area contributed by atoms with E-state index in [9.17, 15) is 17.6 Å². The maximum absolute atomic E-state index is 13.5. The van der Waals surface area contributed by atoms with Crippen LogP contribution in [-0.4, -0.2) is 18.9 Å². The number of fused-ring (bicyclic) bond motifs is 1. The number of anilines is 1. The minimum atomic E-state index is -3.76. The molecule has 4 aromatic rings. The Morgan fingerprint density at radius 2 is 1.72 bits per heavy atom. The molecule has 0 spiro atoms. The summed E-state index contributed by atoms with van der Waals surface area (Å²) in [4.78, 5) is 12.8. The Kier molecular flexibility index (Phi) is 6.10. The zero-order chi connectivity index (χ0) is 22.7. The van der Waals surface area contributed by atoms with Crippen LogP contribution in [0.2, 0.25) is 0 Å². The molecule has 0 radical (unpaired) electrons. The van der Waals surface area contributed by atoms with Gasteiger partial charge in [0.25, 0.3) is 0 Å². The van der Waals surface area contributed by atoms with E-state index in [1.807, 2.05) is 24.3 Å². The van der Waals surface area contributed by atoms with Crippen LogP contribution in [0.5, 0.6) is 0 Å². The number of amides is 1. The Balaban J connectivity index is 1.61. The van der Waals surface area contributed by atoms with Crippen molar-refractivity contribution in [3.8, 4) is 0 Å². The lowest BCUT2D eigenvalue weighted by molar-refractivity contribution is -0.116.